The van der Waals surface area contributed by atoms with E-state index < -0.39 is 0 Å². The molecule has 1 radical (unpaired) electrons. The summed E-state index contributed by atoms with van der Waals surface area (Å²) in [5, 5.41) is 0. The largest absolute Gasteiger partial charge is 0.455 e. The van der Waals surface area contributed by atoms with E-state index in [1.807, 2.05) is 11.1 Å². The van der Waals surface area contributed by atoms with Crippen molar-refractivity contribution in [1.29, 1.82) is 0 Å². The van der Waals surface area contributed by atoms with Gasteiger partial charge in [-0.2, -0.15) is 0 Å². The third-order valence-corrected chi connectivity index (χ3v) is 44.4. The quantitative estimate of drug-likeness (QED) is 0.204. The van der Waals surface area contributed by atoms with Gasteiger partial charge in [0.25, 0.3) is 0 Å². The molecule has 0 spiro atoms. The van der Waals surface area contributed by atoms with Gasteiger partial charge in [0.2, 0.25) is 0 Å². The monoisotopic (exact) mass is 1400 g/mol. The van der Waals surface area contributed by atoms with Gasteiger partial charge in [0.1, 0.15) is 11.5 Å². The van der Waals surface area contributed by atoms with Crippen LogP contribution in [0.3, 0.4) is 0 Å². The van der Waals surface area contributed by atoms with Crippen LogP contribution >= 0.6 is 0 Å². The molecule has 36 saturated carbocycles. The van der Waals surface area contributed by atoms with Crippen LogP contribution < -0.4 is 4.74 Å². The number of hydrogen-bond donors (Lipinski definition) is 0. The summed E-state index contributed by atoms with van der Waals surface area (Å²) < 4.78 is 10.5. The van der Waals surface area contributed by atoms with Gasteiger partial charge in [0, 0.05) is 32.9 Å². The summed E-state index contributed by atoms with van der Waals surface area (Å²) in [7, 11) is 0. The first-order chi connectivity index (χ1) is 51.1. The standard InChI is InChI=1S/C104H135O/c1-2-84-85(96-30-57-3-58(31-96)5-59(4-57)32-96)86(97-33-60-6-61(34-97)8-62(7-60)35-97)88(99-39-66-12-67(40-99)14-68(13-66)41-99)91(102-48-75-21-76(49-102)23-77(22-75)50-102)94(84)105-95-92(103-51-78-24-79(52-103)26-80(25-78)53-103)89(100-42-69-15-70(43-100)17-71(16-69)44-100)87(98-36-63-9-64(37-98)11-65(10-63)38-98)90(101-45-72-18-73(46-101)20-74(19-72)47-101)93(95)104-54-81-27-82(55-104)29-83(28-81)56-104/h57-83H,3-56H2. The lowest BCUT2D eigenvalue weighted by Gasteiger charge is -2.67. The number of ether oxygens (including phenoxy) is 1. The Labute approximate surface area is 635 Å². The summed E-state index contributed by atoms with van der Waals surface area (Å²) in [5.41, 5.74) is 22.7. The Hall–Kier alpha value is -2.20. The minimum absolute atomic E-state index is 0.151. The average Bonchev–Trinajstić information content (AvgIpc) is 0.671. The lowest BCUT2D eigenvalue weighted by atomic mass is 9.38. The number of rotatable bonds is 11. The van der Waals surface area contributed by atoms with E-state index in [0.29, 0.717) is 5.41 Å². The van der Waals surface area contributed by atoms with Crippen LogP contribution in [0, 0.1) is 172 Å². The van der Waals surface area contributed by atoms with Crippen molar-refractivity contribution in [1.82, 2.24) is 0 Å². The van der Waals surface area contributed by atoms with Crippen molar-refractivity contribution in [2.45, 2.75) is 395 Å². The topological polar surface area (TPSA) is 9.23 Å². The van der Waals surface area contributed by atoms with Gasteiger partial charge in [-0.05, 0) is 585 Å². The molecule has 38 rings (SSSR count). The first kappa shape index (κ1) is 62.3. The molecule has 2 aromatic rings. The third-order valence-electron chi connectivity index (χ3n) is 44.4. The molecule has 0 amide bonds. The lowest BCUT2D eigenvalue weighted by Crippen LogP contribution is -2.58. The molecule has 0 unspecified atom stereocenters. The first-order valence-electron chi connectivity index (χ1n) is 48.8. The van der Waals surface area contributed by atoms with Crippen molar-refractivity contribution in [2.24, 2.45) is 160 Å². The van der Waals surface area contributed by atoms with Crippen molar-refractivity contribution >= 4 is 0 Å². The Morgan fingerprint density at radius 3 is 0.429 bits per heavy atom. The van der Waals surface area contributed by atoms with Gasteiger partial charge in [0.15, 0.2) is 0 Å². The van der Waals surface area contributed by atoms with Crippen LogP contribution in [-0.2, 0) is 48.7 Å². The van der Waals surface area contributed by atoms with Gasteiger partial charge in [-0.15, -0.1) is 0 Å². The van der Waals surface area contributed by atoms with Crippen LogP contribution in [0.25, 0.3) is 0 Å². The Balaban J connectivity index is 0.818. The fourth-order valence-electron chi connectivity index (χ4n) is 46.3. The van der Waals surface area contributed by atoms with E-state index in [4.69, 9.17) is 0 Å². The molecule has 0 saturated heterocycles. The van der Waals surface area contributed by atoms with E-state index in [-0.39, 0.29) is 43.3 Å². The summed E-state index contributed by atoms with van der Waals surface area (Å²) in [6.07, 6.45) is 93.9. The maximum atomic E-state index is 11.4. The summed E-state index contributed by atoms with van der Waals surface area (Å²) >= 11 is 0. The Kier molecular flexibility index (Phi) is 12.1. The Morgan fingerprint density at radius 2 is 0.276 bits per heavy atom. The average molecular weight is 1400 g/mol. The van der Waals surface area contributed by atoms with Crippen LogP contribution in [0.2, 0.25) is 0 Å². The molecule has 0 aromatic heterocycles. The van der Waals surface area contributed by atoms with Crippen LogP contribution in [0.1, 0.15) is 402 Å². The third kappa shape index (κ3) is 8.33. The highest BCUT2D eigenvalue weighted by Gasteiger charge is 2.70. The van der Waals surface area contributed by atoms with Gasteiger partial charge in [-0.3, -0.25) is 0 Å². The minimum atomic E-state index is 0.151. The number of benzene rings is 2. The summed E-state index contributed by atoms with van der Waals surface area (Å²) in [4.78, 5) is 0. The van der Waals surface area contributed by atoms with Crippen molar-refractivity contribution in [3.63, 3.8) is 0 Å². The zero-order valence-corrected chi connectivity index (χ0v) is 65.7. The SMILES string of the molecule is [C]#Cc1c(Oc2c(C34CC5CC(CC(C5)C3)C4)c(C34CC5CC(CC(C5)C3)C4)c(C34CC5CC(CC(C5)C3)C4)c(C34CC5CC(CC(C5)C3)C4)c2C23CC4CC(CC(C4)C2)C3)c(C23CC4CC(CC(C4)C2)C3)c(C23CC4CC(CC(C4)C2)C3)c(C23CC4CC(CC(C4)C2)C3)c1C12CC3CC(CC(C3)C1)C2. The molecule has 36 aliphatic carbocycles. The highest BCUT2D eigenvalue weighted by atomic mass is 16.5. The van der Waals surface area contributed by atoms with E-state index in [2.05, 4.69) is 44.9 Å². The smallest absolute Gasteiger partial charge is 0.147 e. The molecule has 557 valence electrons. The van der Waals surface area contributed by atoms with Gasteiger partial charge >= 0.3 is 0 Å². The molecule has 1 heteroatoms. The fraction of sp³-hybridized carbons (Fsp3) is 0.865. The fourth-order valence-corrected chi connectivity index (χ4v) is 46.3. The van der Waals surface area contributed by atoms with E-state index in [0.717, 1.165) is 160 Å². The second-order valence-electron chi connectivity index (χ2n) is 51.4. The Morgan fingerprint density at radius 1 is 0.162 bits per heavy atom. The molecule has 105 heavy (non-hydrogen) atoms. The molecule has 36 bridgehead atoms. The maximum Gasteiger partial charge on any atom is 0.147 e. The van der Waals surface area contributed by atoms with Gasteiger partial charge < -0.3 is 4.74 Å². The molecule has 1 nitrogen and oxygen atoms in total. The van der Waals surface area contributed by atoms with Gasteiger partial charge in [0.05, 0.1) is 5.56 Å². The molecule has 0 N–H and O–H groups in total. The summed E-state index contributed by atoms with van der Waals surface area (Å²) in [6, 6.07) is 0. The molecule has 2 aromatic carbocycles. The van der Waals surface area contributed by atoms with Crippen molar-refractivity contribution < 1.29 is 4.74 Å². The second-order valence-corrected chi connectivity index (χ2v) is 51.4. The molecule has 0 heterocycles. The minimum Gasteiger partial charge on any atom is -0.455 e. The molecule has 36 aliphatic rings. The van der Waals surface area contributed by atoms with Crippen molar-refractivity contribution in [2.75, 3.05) is 0 Å². The zero-order valence-electron chi connectivity index (χ0n) is 65.7. The van der Waals surface area contributed by atoms with Crippen LogP contribution in [-0.4, -0.2) is 0 Å². The normalized spacial score (nSPS) is 58.8. The maximum absolute atomic E-state index is 11.4. The molecule has 0 atom stereocenters. The van der Waals surface area contributed by atoms with Gasteiger partial charge in [-0.1, -0.05) is 0 Å². The van der Waals surface area contributed by atoms with Crippen molar-refractivity contribution in [3.05, 3.63) is 62.1 Å². The summed E-state index contributed by atoms with van der Waals surface area (Å²) in [6.45, 7) is 0. The predicted molar refractivity (Wildman–Crippen MR) is 418 cm³/mol. The first-order valence-corrected chi connectivity index (χ1v) is 48.8. The number of hydrogen-bond acceptors (Lipinski definition) is 1. The van der Waals surface area contributed by atoms with E-state index in [1.165, 1.54) is 165 Å². The van der Waals surface area contributed by atoms with Crippen LogP contribution in [0.4, 0.5) is 0 Å². The van der Waals surface area contributed by atoms with Crippen LogP contribution in [0.5, 0.6) is 11.5 Å². The highest BCUT2D eigenvalue weighted by molar-refractivity contribution is 5.75. The second kappa shape index (κ2) is 20.5. The highest BCUT2D eigenvalue weighted by Crippen LogP contribution is 2.80. The van der Waals surface area contributed by atoms with Crippen LogP contribution in [0.15, 0.2) is 0 Å². The van der Waals surface area contributed by atoms with E-state index in [1.54, 1.807) is 198 Å². The van der Waals surface area contributed by atoms with E-state index >= 15 is 0 Å². The molecule has 36 fully saturated rings. The zero-order chi connectivity index (χ0) is 67.6. The Bertz CT molecular complexity index is 3720. The summed E-state index contributed by atoms with van der Waals surface area (Å²) in [5.74, 6) is 32.0. The lowest BCUT2D eigenvalue weighted by molar-refractivity contribution is -0.0337. The molecular weight excluding hydrogens is 1270 g/mol. The van der Waals surface area contributed by atoms with Crippen molar-refractivity contribution in [3.8, 4) is 17.4 Å². The van der Waals surface area contributed by atoms with E-state index in [9.17, 15) is 11.2 Å². The van der Waals surface area contributed by atoms with Gasteiger partial charge in [-0.25, -0.2) is 0 Å². The predicted octanol–water partition coefficient (Wildman–Crippen LogP) is 25.6. The molecule has 0 aliphatic heterocycles. The molecular formula is C104H135O.